The fourth-order valence-corrected chi connectivity index (χ4v) is 10.3. The lowest BCUT2D eigenvalue weighted by Crippen LogP contribution is -2.14. The Bertz CT molecular complexity index is 3100. The van der Waals surface area contributed by atoms with E-state index in [0.29, 0.717) is 0 Å². The van der Waals surface area contributed by atoms with E-state index in [4.69, 9.17) is 0 Å². The van der Waals surface area contributed by atoms with Crippen molar-refractivity contribution < 1.29 is 0 Å². The molecule has 0 saturated carbocycles. The Morgan fingerprint density at radius 1 is 0.327 bits per heavy atom. The van der Waals surface area contributed by atoms with E-state index < -0.39 is 0 Å². The molecule has 1 heteroatoms. The van der Waals surface area contributed by atoms with Crippen molar-refractivity contribution in [2.45, 2.75) is 19.3 Å². The molecule has 0 atom stereocenters. The van der Waals surface area contributed by atoms with Crippen molar-refractivity contribution in [1.29, 1.82) is 0 Å². The van der Waals surface area contributed by atoms with E-state index in [1.54, 1.807) is 0 Å². The molecule has 52 heavy (non-hydrogen) atoms. The average molecular weight is 679 g/mol. The van der Waals surface area contributed by atoms with Gasteiger partial charge < -0.3 is 0 Å². The normalized spacial score (nSPS) is 13.3. The summed E-state index contributed by atoms with van der Waals surface area (Å²) in [4.78, 5) is 0. The summed E-state index contributed by atoms with van der Waals surface area (Å²) in [5.74, 6) is 0. The summed E-state index contributed by atoms with van der Waals surface area (Å²) in [6.07, 6.45) is 0. The molecule has 0 radical (unpaired) electrons. The van der Waals surface area contributed by atoms with Gasteiger partial charge >= 0.3 is 0 Å². The highest BCUT2D eigenvalue weighted by Crippen LogP contribution is 2.51. The number of rotatable bonds is 3. The quantitative estimate of drug-likeness (QED) is 0.163. The van der Waals surface area contributed by atoms with Crippen molar-refractivity contribution in [3.8, 4) is 44.5 Å². The van der Waals surface area contributed by atoms with Crippen LogP contribution in [0.15, 0.2) is 170 Å². The summed E-state index contributed by atoms with van der Waals surface area (Å²) in [5.41, 5.74) is 13.0. The number of benzene rings is 9. The minimum absolute atomic E-state index is 0.0415. The van der Waals surface area contributed by atoms with E-state index in [-0.39, 0.29) is 5.41 Å². The lowest BCUT2D eigenvalue weighted by molar-refractivity contribution is 0.661. The van der Waals surface area contributed by atoms with Gasteiger partial charge in [-0.2, -0.15) is 0 Å². The molecule has 0 spiro atoms. The third-order valence-corrected chi connectivity index (χ3v) is 12.9. The largest absolute Gasteiger partial charge is 0.135 e. The van der Waals surface area contributed by atoms with E-state index in [1.165, 1.54) is 108 Å². The van der Waals surface area contributed by atoms with Crippen LogP contribution in [0.2, 0.25) is 0 Å². The smallest absolute Gasteiger partial charge is 0.0433 e. The third kappa shape index (κ3) is 4.27. The van der Waals surface area contributed by atoms with Crippen LogP contribution in [0.25, 0.3) is 97.0 Å². The molecule has 0 fully saturated rings. The summed E-state index contributed by atoms with van der Waals surface area (Å²) >= 11 is 1.89. The van der Waals surface area contributed by atoms with Crippen LogP contribution < -0.4 is 0 Å². The van der Waals surface area contributed by atoms with Gasteiger partial charge in [-0.25, -0.2) is 0 Å². The Morgan fingerprint density at radius 2 is 0.865 bits per heavy atom. The molecule has 9 aromatic carbocycles. The van der Waals surface area contributed by atoms with E-state index >= 15 is 0 Å². The van der Waals surface area contributed by atoms with Crippen LogP contribution in [-0.2, 0) is 5.41 Å². The zero-order chi connectivity index (χ0) is 34.6. The highest BCUT2D eigenvalue weighted by molar-refractivity contribution is 7.26. The summed E-state index contributed by atoms with van der Waals surface area (Å²) in [5, 5.41) is 10.6. The highest BCUT2D eigenvalue weighted by Gasteiger charge is 2.35. The summed E-state index contributed by atoms with van der Waals surface area (Å²) < 4.78 is 2.69. The first kappa shape index (κ1) is 29.7. The van der Waals surface area contributed by atoms with Crippen molar-refractivity contribution in [3.63, 3.8) is 0 Å². The van der Waals surface area contributed by atoms with Gasteiger partial charge in [-0.1, -0.05) is 147 Å². The van der Waals surface area contributed by atoms with Crippen LogP contribution in [0, 0.1) is 0 Å². The molecule has 0 bridgehead atoms. The second-order valence-electron chi connectivity index (χ2n) is 14.9. The topological polar surface area (TPSA) is 0 Å². The summed E-state index contributed by atoms with van der Waals surface area (Å²) in [7, 11) is 0. The first-order valence-electron chi connectivity index (χ1n) is 18.2. The van der Waals surface area contributed by atoms with Crippen molar-refractivity contribution in [3.05, 3.63) is 181 Å². The average Bonchev–Trinajstić information content (AvgIpc) is 3.69. The molecule has 0 aliphatic heterocycles. The Morgan fingerprint density at radius 3 is 1.65 bits per heavy atom. The zero-order valence-corrected chi connectivity index (χ0v) is 29.9. The lowest BCUT2D eigenvalue weighted by Gasteiger charge is -2.22. The fourth-order valence-electron chi connectivity index (χ4n) is 9.05. The van der Waals surface area contributed by atoms with Gasteiger partial charge in [0.15, 0.2) is 0 Å². The van der Waals surface area contributed by atoms with Gasteiger partial charge in [-0.05, 0) is 124 Å². The van der Waals surface area contributed by atoms with Gasteiger partial charge in [0.2, 0.25) is 0 Å². The van der Waals surface area contributed by atoms with Crippen LogP contribution in [0.4, 0.5) is 0 Å². The van der Waals surface area contributed by atoms with E-state index in [9.17, 15) is 0 Å². The SMILES string of the molecule is CC1(C)c2ccccc2-c2cc3c4ccccc4c4cc(-c5cccc(-c6cccc(-c7cccc8c7sc7ccccc78)c6)c5)ccc4c3cc21. The van der Waals surface area contributed by atoms with Gasteiger partial charge in [0.1, 0.15) is 0 Å². The van der Waals surface area contributed by atoms with Crippen molar-refractivity contribution in [1.82, 2.24) is 0 Å². The molecular formula is C51H34S. The third-order valence-electron chi connectivity index (χ3n) is 11.6. The molecule has 0 N–H and O–H groups in total. The molecule has 0 nitrogen and oxygen atoms in total. The molecule has 1 heterocycles. The minimum atomic E-state index is -0.0415. The maximum atomic E-state index is 2.49. The standard InChI is InChI=1S/C51H34S/c1-51(2)47-22-7-5-18-40(47)46-29-44-38-17-4-3-16-37(38)43-28-34(24-25-39(43)45(44)30-48(46)51)32-13-9-12-31(26-32)33-14-10-15-35(27-33)36-20-11-21-42-41-19-6-8-23-49(41)52-50(36)42/h3-30H,1-2H3. The molecule has 244 valence electrons. The highest BCUT2D eigenvalue weighted by atomic mass is 32.1. The molecule has 0 unspecified atom stereocenters. The first-order valence-corrected chi connectivity index (χ1v) is 19.0. The first-order chi connectivity index (χ1) is 25.5. The lowest BCUT2D eigenvalue weighted by atomic mass is 9.81. The second-order valence-corrected chi connectivity index (χ2v) is 15.9. The maximum Gasteiger partial charge on any atom is 0.0433 e. The van der Waals surface area contributed by atoms with E-state index in [0.717, 1.165) is 0 Å². The van der Waals surface area contributed by atoms with Gasteiger partial charge in [0.25, 0.3) is 0 Å². The number of hydrogen-bond donors (Lipinski definition) is 0. The zero-order valence-electron chi connectivity index (χ0n) is 29.1. The number of fused-ring (bicyclic) bond motifs is 12. The van der Waals surface area contributed by atoms with Crippen molar-refractivity contribution in [2.24, 2.45) is 0 Å². The van der Waals surface area contributed by atoms with Crippen LogP contribution in [0.5, 0.6) is 0 Å². The Labute approximate surface area is 307 Å². The Balaban J connectivity index is 1.04. The molecular weight excluding hydrogens is 645 g/mol. The van der Waals surface area contributed by atoms with Crippen LogP contribution in [0.3, 0.4) is 0 Å². The molecule has 10 aromatic rings. The van der Waals surface area contributed by atoms with Gasteiger partial charge in [0.05, 0.1) is 0 Å². The molecule has 1 aromatic heterocycles. The fraction of sp³-hybridized carbons (Fsp3) is 0.0588. The monoisotopic (exact) mass is 678 g/mol. The Hall–Kier alpha value is -6.02. The summed E-state index contributed by atoms with van der Waals surface area (Å²) in [6, 6.07) is 63.5. The number of thiophene rings is 1. The van der Waals surface area contributed by atoms with Crippen LogP contribution in [-0.4, -0.2) is 0 Å². The van der Waals surface area contributed by atoms with Gasteiger partial charge in [0, 0.05) is 25.6 Å². The second kappa shape index (κ2) is 11.0. The van der Waals surface area contributed by atoms with Gasteiger partial charge in [-0.3, -0.25) is 0 Å². The molecule has 1 aliphatic rings. The molecule has 0 saturated heterocycles. The predicted molar refractivity (Wildman–Crippen MR) is 226 cm³/mol. The predicted octanol–water partition coefficient (Wildman–Crippen LogP) is 14.8. The molecule has 0 amide bonds. The van der Waals surface area contributed by atoms with Crippen LogP contribution >= 0.6 is 11.3 Å². The van der Waals surface area contributed by atoms with Crippen molar-refractivity contribution >= 4 is 63.8 Å². The van der Waals surface area contributed by atoms with Crippen LogP contribution in [0.1, 0.15) is 25.0 Å². The van der Waals surface area contributed by atoms with E-state index in [2.05, 4.69) is 184 Å². The van der Waals surface area contributed by atoms with Gasteiger partial charge in [-0.15, -0.1) is 11.3 Å². The van der Waals surface area contributed by atoms with E-state index in [1.807, 2.05) is 11.3 Å². The summed E-state index contributed by atoms with van der Waals surface area (Å²) in [6.45, 7) is 4.75. The molecule has 11 rings (SSSR count). The minimum Gasteiger partial charge on any atom is -0.135 e. The number of hydrogen-bond acceptors (Lipinski definition) is 1. The Kier molecular flexibility index (Phi) is 6.27. The maximum absolute atomic E-state index is 2.49. The molecule has 1 aliphatic carbocycles. The van der Waals surface area contributed by atoms with Crippen molar-refractivity contribution in [2.75, 3.05) is 0 Å².